The van der Waals surface area contributed by atoms with E-state index in [0.717, 1.165) is 53.4 Å². The van der Waals surface area contributed by atoms with Gasteiger partial charge >= 0.3 is 0 Å². The molecule has 4 rings (SSSR count). The monoisotopic (exact) mass is 576 g/mol. The van der Waals surface area contributed by atoms with Crippen molar-refractivity contribution in [2.45, 2.75) is 83.0 Å². The van der Waals surface area contributed by atoms with Gasteiger partial charge in [-0.05, 0) is 55.0 Å². The number of thiol groups is 1. The third-order valence-electron chi connectivity index (χ3n) is 6.57. The van der Waals surface area contributed by atoms with Gasteiger partial charge in [0.2, 0.25) is 0 Å². The molecule has 0 radical (unpaired) electrons. The van der Waals surface area contributed by atoms with Crippen molar-refractivity contribution in [2.24, 2.45) is 0 Å². The smallest absolute Gasteiger partial charge is 0.186 e. The zero-order valence-electron chi connectivity index (χ0n) is 22.5. The second kappa shape index (κ2) is 15.3. The van der Waals surface area contributed by atoms with E-state index in [1.165, 1.54) is 48.6 Å². The van der Waals surface area contributed by atoms with E-state index in [0.29, 0.717) is 12.0 Å². The minimum absolute atomic E-state index is 0.156. The molecule has 0 atom stereocenters. The number of thiazole rings is 1. The van der Waals surface area contributed by atoms with Crippen molar-refractivity contribution in [3.05, 3.63) is 76.9 Å². The van der Waals surface area contributed by atoms with Crippen LogP contribution in [0.15, 0.2) is 47.4 Å². The van der Waals surface area contributed by atoms with Crippen molar-refractivity contribution in [1.82, 2.24) is 4.98 Å². The maximum absolute atomic E-state index is 14.6. The average Bonchev–Trinajstić information content (AvgIpc) is 3.38. The van der Waals surface area contributed by atoms with Crippen molar-refractivity contribution in [3.8, 4) is 10.6 Å². The molecule has 4 aromatic rings. The lowest BCUT2D eigenvalue weighted by atomic mass is 10.0. The van der Waals surface area contributed by atoms with Crippen LogP contribution in [-0.2, 0) is 12.8 Å². The van der Waals surface area contributed by atoms with Gasteiger partial charge < -0.3 is 5.73 Å². The van der Waals surface area contributed by atoms with Crippen LogP contribution in [-0.4, -0.2) is 4.98 Å². The third-order valence-corrected chi connectivity index (χ3v) is 8.01. The highest BCUT2D eigenvalue weighted by Gasteiger charge is 2.18. The van der Waals surface area contributed by atoms with Crippen molar-refractivity contribution >= 4 is 39.9 Å². The summed E-state index contributed by atoms with van der Waals surface area (Å²) in [6.45, 7) is 4.36. The van der Waals surface area contributed by atoms with Crippen LogP contribution in [0.5, 0.6) is 0 Å². The molecule has 39 heavy (non-hydrogen) atoms. The second-order valence-corrected chi connectivity index (χ2v) is 11.2. The fourth-order valence-electron chi connectivity index (χ4n) is 4.23. The summed E-state index contributed by atoms with van der Waals surface area (Å²) >= 11 is 5.23. The molecule has 0 amide bonds. The van der Waals surface area contributed by atoms with Gasteiger partial charge in [0, 0.05) is 10.5 Å². The lowest BCUT2D eigenvalue weighted by Crippen LogP contribution is -1.96. The number of hydrogen-bond acceptors (Lipinski definition) is 4. The van der Waals surface area contributed by atoms with E-state index < -0.39 is 23.3 Å². The molecule has 3 aromatic carbocycles. The maximum atomic E-state index is 14.6. The zero-order chi connectivity index (χ0) is 28.4. The summed E-state index contributed by atoms with van der Waals surface area (Å²) in [7, 11) is 0. The van der Waals surface area contributed by atoms with Crippen LogP contribution >= 0.6 is 24.0 Å². The van der Waals surface area contributed by atoms with Gasteiger partial charge in [-0.1, -0.05) is 76.6 Å². The number of nitrogens with two attached hydrogens (primary N) is 1. The Bertz CT molecular complexity index is 1330. The largest absolute Gasteiger partial charge is 0.395 e. The van der Waals surface area contributed by atoms with Gasteiger partial charge in [-0.15, -0.1) is 24.0 Å². The first-order chi connectivity index (χ1) is 18.8. The predicted molar refractivity (Wildman–Crippen MR) is 159 cm³/mol. The highest BCUT2D eigenvalue weighted by atomic mass is 32.1. The molecule has 0 spiro atoms. The van der Waals surface area contributed by atoms with Crippen molar-refractivity contribution in [2.75, 3.05) is 5.73 Å². The predicted octanol–water partition coefficient (Wildman–Crippen LogP) is 10.3. The van der Waals surface area contributed by atoms with Gasteiger partial charge in [0.05, 0.1) is 10.4 Å². The number of nitrogen functional groups attached to an aromatic ring is 1. The number of benzene rings is 3. The van der Waals surface area contributed by atoms with Crippen LogP contribution in [0.25, 0.3) is 20.8 Å². The summed E-state index contributed by atoms with van der Waals surface area (Å²) in [5.41, 5.74) is 7.76. The zero-order valence-corrected chi connectivity index (χ0v) is 24.2. The molecule has 0 saturated carbocycles. The van der Waals surface area contributed by atoms with Crippen molar-refractivity contribution in [3.63, 3.8) is 0 Å². The summed E-state index contributed by atoms with van der Waals surface area (Å²) in [5.74, 6) is -3.51. The highest BCUT2D eigenvalue weighted by Crippen LogP contribution is 2.34. The molecule has 0 unspecified atom stereocenters. The summed E-state index contributed by atoms with van der Waals surface area (Å²) < 4.78 is 54.5. The number of unbranched alkanes of at least 4 members (excludes halogenated alkanes) is 6. The van der Waals surface area contributed by atoms with Gasteiger partial charge in [0.1, 0.15) is 10.5 Å². The first-order valence-corrected chi connectivity index (χ1v) is 14.8. The van der Waals surface area contributed by atoms with E-state index in [2.05, 4.69) is 43.6 Å². The van der Waals surface area contributed by atoms with Crippen LogP contribution < -0.4 is 5.73 Å². The Morgan fingerprint density at radius 3 is 2.03 bits per heavy atom. The van der Waals surface area contributed by atoms with Crippen LogP contribution in [0.3, 0.4) is 0 Å². The number of nitrogens with zero attached hydrogens (tertiary/aromatic N) is 1. The van der Waals surface area contributed by atoms with E-state index >= 15 is 0 Å². The Hall–Kier alpha value is -2.58. The number of rotatable bonds is 11. The molecule has 0 bridgehead atoms. The SMILES string of the molecule is CCCCCCc1ccc(-c2nc3c(F)c(F)c(CCCCCC)cc3s2)cc1.Nc1c(S)ccc(F)c1F. The quantitative estimate of drug-likeness (QED) is 0.0807. The summed E-state index contributed by atoms with van der Waals surface area (Å²) in [5, 5.41) is 0.749. The Balaban J connectivity index is 0.000000353. The molecule has 0 fully saturated rings. The number of fused-ring (bicyclic) bond motifs is 1. The van der Waals surface area contributed by atoms with E-state index in [9.17, 15) is 17.6 Å². The minimum atomic E-state index is -1.03. The third kappa shape index (κ3) is 8.45. The summed E-state index contributed by atoms with van der Waals surface area (Å²) in [6, 6.07) is 12.4. The molecule has 0 aliphatic carbocycles. The lowest BCUT2D eigenvalue weighted by molar-refractivity contribution is 0.502. The first kappa shape index (κ1) is 31.0. The fraction of sp³-hybridized carbons (Fsp3) is 0.387. The van der Waals surface area contributed by atoms with Crippen molar-refractivity contribution in [1.29, 1.82) is 0 Å². The molecule has 2 nitrogen and oxygen atoms in total. The average molecular weight is 577 g/mol. The second-order valence-electron chi connectivity index (χ2n) is 9.64. The van der Waals surface area contributed by atoms with E-state index in [1.807, 2.05) is 12.1 Å². The molecule has 1 aromatic heterocycles. The number of hydrogen-bond donors (Lipinski definition) is 2. The van der Waals surface area contributed by atoms with Crippen molar-refractivity contribution < 1.29 is 17.6 Å². The van der Waals surface area contributed by atoms with E-state index in [4.69, 9.17) is 5.73 Å². The lowest BCUT2D eigenvalue weighted by Gasteiger charge is -2.04. The molecule has 210 valence electrons. The molecule has 2 N–H and O–H groups in total. The van der Waals surface area contributed by atoms with Gasteiger partial charge in [-0.2, -0.15) is 0 Å². The fourth-order valence-corrected chi connectivity index (χ4v) is 5.43. The Labute approximate surface area is 238 Å². The first-order valence-electron chi connectivity index (χ1n) is 13.6. The van der Waals surface area contributed by atoms with Gasteiger partial charge in [0.15, 0.2) is 23.3 Å². The van der Waals surface area contributed by atoms with Gasteiger partial charge in [0.25, 0.3) is 0 Å². The number of aromatic nitrogens is 1. The number of anilines is 1. The van der Waals surface area contributed by atoms with Gasteiger partial charge in [-0.3, -0.25) is 0 Å². The molecular formula is C31H36F4N2S2. The molecule has 1 heterocycles. The standard InChI is InChI=1S/C25H31F2NS.C6H5F2NS/c1-3-5-7-9-11-18-13-15-19(16-14-18)25-28-24-21(29-25)17-20(22(26)23(24)27)12-10-8-6-4-2;7-3-1-2-4(10)6(9)5(3)8/h13-17H,3-12H2,1-2H3;1-2,10H,9H2. The number of aryl methyl sites for hydroxylation is 2. The summed E-state index contributed by atoms with van der Waals surface area (Å²) in [6.07, 6.45) is 10.9. The van der Waals surface area contributed by atoms with E-state index in [-0.39, 0.29) is 16.1 Å². The Kier molecular flexibility index (Phi) is 12.1. The Morgan fingerprint density at radius 2 is 1.41 bits per heavy atom. The van der Waals surface area contributed by atoms with Crippen LogP contribution in [0, 0.1) is 23.3 Å². The highest BCUT2D eigenvalue weighted by molar-refractivity contribution is 7.80. The Morgan fingerprint density at radius 1 is 0.769 bits per heavy atom. The maximum Gasteiger partial charge on any atom is 0.186 e. The van der Waals surface area contributed by atoms with Crippen LogP contribution in [0.4, 0.5) is 23.2 Å². The normalized spacial score (nSPS) is 11.1. The van der Waals surface area contributed by atoms with E-state index in [1.54, 1.807) is 6.07 Å². The number of halogens is 4. The molecule has 8 heteroatoms. The molecular weight excluding hydrogens is 540 g/mol. The molecule has 0 aliphatic rings. The molecule has 0 saturated heterocycles. The van der Waals surface area contributed by atoms with Gasteiger partial charge in [-0.25, -0.2) is 22.5 Å². The van der Waals surface area contributed by atoms with Crippen LogP contribution in [0.2, 0.25) is 0 Å². The minimum Gasteiger partial charge on any atom is -0.395 e. The topological polar surface area (TPSA) is 38.9 Å². The summed E-state index contributed by atoms with van der Waals surface area (Å²) in [4.78, 5) is 4.66. The van der Waals surface area contributed by atoms with Crippen LogP contribution in [0.1, 0.15) is 76.3 Å². The molecule has 0 aliphatic heterocycles.